The lowest BCUT2D eigenvalue weighted by molar-refractivity contribution is -0.112. The van der Waals surface area contributed by atoms with Gasteiger partial charge < -0.3 is 14.8 Å². The number of anilines is 1. The van der Waals surface area contributed by atoms with E-state index in [0.717, 1.165) is 16.7 Å². The predicted octanol–water partition coefficient (Wildman–Crippen LogP) is 4.77. The SMILES string of the molecule is COc1cc(/C=C(\C#N)C(=O)Nc2c(C)cc(C)cc2C)ccc1OC(F)F. The third-order valence-corrected chi connectivity index (χ3v) is 4.00. The number of alkyl halides is 2. The smallest absolute Gasteiger partial charge is 0.387 e. The van der Waals surface area contributed by atoms with Gasteiger partial charge in [-0.15, -0.1) is 0 Å². The first-order valence-corrected chi connectivity index (χ1v) is 8.39. The second-order valence-electron chi connectivity index (χ2n) is 6.19. The van der Waals surface area contributed by atoms with Crippen LogP contribution in [-0.2, 0) is 4.79 Å². The molecule has 0 saturated heterocycles. The molecular weight excluding hydrogens is 366 g/mol. The van der Waals surface area contributed by atoms with Gasteiger partial charge in [0.15, 0.2) is 11.5 Å². The number of hydrogen-bond acceptors (Lipinski definition) is 4. The van der Waals surface area contributed by atoms with E-state index < -0.39 is 12.5 Å². The molecule has 0 atom stereocenters. The van der Waals surface area contributed by atoms with Crippen LogP contribution in [0, 0.1) is 32.1 Å². The van der Waals surface area contributed by atoms with Gasteiger partial charge in [-0.1, -0.05) is 23.8 Å². The zero-order chi connectivity index (χ0) is 20.8. The Labute approximate surface area is 162 Å². The van der Waals surface area contributed by atoms with Crippen molar-refractivity contribution in [1.29, 1.82) is 5.26 Å². The maximum Gasteiger partial charge on any atom is 0.387 e. The molecule has 0 aliphatic rings. The van der Waals surface area contributed by atoms with Gasteiger partial charge in [-0.3, -0.25) is 4.79 Å². The van der Waals surface area contributed by atoms with Crippen molar-refractivity contribution < 1.29 is 23.0 Å². The first kappa shape index (κ1) is 20.9. The third kappa shape index (κ3) is 5.07. The van der Waals surface area contributed by atoms with E-state index in [1.54, 1.807) is 0 Å². The summed E-state index contributed by atoms with van der Waals surface area (Å²) in [7, 11) is 1.31. The Kier molecular flexibility index (Phi) is 6.72. The molecule has 0 aliphatic carbocycles. The van der Waals surface area contributed by atoms with Gasteiger partial charge in [0.05, 0.1) is 7.11 Å². The van der Waals surface area contributed by atoms with E-state index in [2.05, 4.69) is 10.1 Å². The maximum atomic E-state index is 12.5. The van der Waals surface area contributed by atoms with Crippen LogP contribution in [0.25, 0.3) is 6.08 Å². The van der Waals surface area contributed by atoms with Crippen LogP contribution in [0.1, 0.15) is 22.3 Å². The van der Waals surface area contributed by atoms with Crippen molar-refractivity contribution in [3.63, 3.8) is 0 Å². The number of ether oxygens (including phenoxy) is 2. The van der Waals surface area contributed by atoms with Gasteiger partial charge in [0, 0.05) is 5.69 Å². The van der Waals surface area contributed by atoms with Gasteiger partial charge >= 0.3 is 6.61 Å². The average molecular weight is 386 g/mol. The van der Waals surface area contributed by atoms with Crippen LogP contribution in [0.4, 0.5) is 14.5 Å². The molecule has 0 saturated carbocycles. The van der Waals surface area contributed by atoms with E-state index in [4.69, 9.17) is 4.74 Å². The molecule has 0 spiro atoms. The number of carbonyl (C=O) groups excluding carboxylic acids is 1. The number of nitriles is 1. The molecule has 28 heavy (non-hydrogen) atoms. The summed E-state index contributed by atoms with van der Waals surface area (Å²) >= 11 is 0. The highest BCUT2D eigenvalue weighted by Crippen LogP contribution is 2.30. The second kappa shape index (κ2) is 9.00. The van der Waals surface area contributed by atoms with E-state index in [-0.39, 0.29) is 17.1 Å². The number of nitrogens with one attached hydrogen (secondary N) is 1. The lowest BCUT2D eigenvalue weighted by Crippen LogP contribution is -2.15. The lowest BCUT2D eigenvalue weighted by atomic mass is 10.0. The minimum Gasteiger partial charge on any atom is -0.493 e. The number of nitrogens with zero attached hydrogens (tertiary/aromatic N) is 1. The van der Waals surface area contributed by atoms with Crippen molar-refractivity contribution in [2.75, 3.05) is 12.4 Å². The lowest BCUT2D eigenvalue weighted by Gasteiger charge is -2.13. The molecule has 7 heteroatoms. The van der Waals surface area contributed by atoms with Crippen molar-refractivity contribution in [2.24, 2.45) is 0 Å². The van der Waals surface area contributed by atoms with Crippen molar-refractivity contribution in [3.8, 4) is 17.6 Å². The van der Waals surface area contributed by atoms with Crippen LogP contribution in [0.2, 0.25) is 0 Å². The Morgan fingerprint density at radius 3 is 2.32 bits per heavy atom. The van der Waals surface area contributed by atoms with Gasteiger partial charge in [-0.25, -0.2) is 0 Å². The molecule has 1 N–H and O–H groups in total. The molecule has 0 bridgehead atoms. The first-order chi connectivity index (χ1) is 13.2. The molecule has 2 aromatic carbocycles. The average Bonchev–Trinajstić information content (AvgIpc) is 2.63. The molecule has 2 rings (SSSR count). The Balaban J connectivity index is 2.31. The van der Waals surface area contributed by atoms with Gasteiger partial charge in [0.25, 0.3) is 5.91 Å². The summed E-state index contributed by atoms with van der Waals surface area (Å²) < 4.78 is 34.2. The minimum absolute atomic E-state index is 0.0666. The Morgan fingerprint density at radius 2 is 1.79 bits per heavy atom. The summed E-state index contributed by atoms with van der Waals surface area (Å²) in [5.41, 5.74) is 3.79. The number of methoxy groups -OCH3 is 1. The molecule has 2 aromatic rings. The molecule has 5 nitrogen and oxygen atoms in total. The predicted molar refractivity (Wildman–Crippen MR) is 102 cm³/mol. The van der Waals surface area contributed by atoms with Crippen LogP contribution in [0.5, 0.6) is 11.5 Å². The van der Waals surface area contributed by atoms with Gasteiger partial charge in [-0.2, -0.15) is 14.0 Å². The molecule has 0 aliphatic heterocycles. The number of halogens is 2. The molecule has 0 aromatic heterocycles. The van der Waals surface area contributed by atoms with E-state index in [1.807, 2.05) is 39.0 Å². The van der Waals surface area contributed by atoms with E-state index in [9.17, 15) is 18.8 Å². The maximum absolute atomic E-state index is 12.5. The molecule has 0 unspecified atom stereocenters. The molecule has 0 fully saturated rings. The van der Waals surface area contributed by atoms with E-state index in [0.29, 0.717) is 11.3 Å². The third-order valence-electron chi connectivity index (χ3n) is 4.00. The van der Waals surface area contributed by atoms with Gasteiger partial charge in [0.1, 0.15) is 11.6 Å². The number of carbonyl (C=O) groups is 1. The quantitative estimate of drug-likeness (QED) is 0.574. The van der Waals surface area contributed by atoms with Crippen LogP contribution in [0.3, 0.4) is 0 Å². The number of benzene rings is 2. The second-order valence-corrected chi connectivity index (χ2v) is 6.19. The number of hydrogen-bond donors (Lipinski definition) is 1. The highest BCUT2D eigenvalue weighted by molar-refractivity contribution is 6.10. The molecule has 146 valence electrons. The van der Waals surface area contributed by atoms with E-state index in [1.165, 1.54) is 31.4 Å². The molecule has 1 amide bonds. The summed E-state index contributed by atoms with van der Waals surface area (Å²) in [6, 6.07) is 9.88. The summed E-state index contributed by atoms with van der Waals surface area (Å²) in [6.45, 7) is 2.72. The Hall–Kier alpha value is -3.40. The Morgan fingerprint density at radius 1 is 1.14 bits per heavy atom. The first-order valence-electron chi connectivity index (χ1n) is 8.39. The normalized spacial score (nSPS) is 11.1. The van der Waals surface area contributed by atoms with E-state index >= 15 is 0 Å². The molecular formula is C21H20F2N2O3. The topological polar surface area (TPSA) is 71.3 Å². The van der Waals surface area contributed by atoms with Crippen molar-refractivity contribution >= 4 is 17.7 Å². The summed E-state index contributed by atoms with van der Waals surface area (Å²) in [4.78, 5) is 12.5. The van der Waals surface area contributed by atoms with Gasteiger partial charge in [0.2, 0.25) is 0 Å². The highest BCUT2D eigenvalue weighted by atomic mass is 19.3. The van der Waals surface area contributed by atoms with Crippen LogP contribution < -0.4 is 14.8 Å². The van der Waals surface area contributed by atoms with Crippen LogP contribution in [0.15, 0.2) is 35.9 Å². The zero-order valence-corrected chi connectivity index (χ0v) is 16.0. The summed E-state index contributed by atoms with van der Waals surface area (Å²) in [5.74, 6) is -0.634. The largest absolute Gasteiger partial charge is 0.493 e. The number of rotatable bonds is 6. The van der Waals surface area contributed by atoms with Crippen LogP contribution >= 0.6 is 0 Å². The summed E-state index contributed by atoms with van der Waals surface area (Å²) in [6.07, 6.45) is 1.35. The monoisotopic (exact) mass is 386 g/mol. The number of aryl methyl sites for hydroxylation is 3. The zero-order valence-electron chi connectivity index (χ0n) is 16.0. The van der Waals surface area contributed by atoms with Gasteiger partial charge in [-0.05, 0) is 55.7 Å². The Bertz CT molecular complexity index is 940. The minimum atomic E-state index is -2.99. The van der Waals surface area contributed by atoms with Crippen molar-refractivity contribution in [1.82, 2.24) is 0 Å². The fourth-order valence-corrected chi connectivity index (χ4v) is 2.84. The summed E-state index contributed by atoms with van der Waals surface area (Å²) in [5, 5.41) is 12.1. The molecule has 0 heterocycles. The standard InChI is InChI=1S/C21H20F2N2O3/c1-12-7-13(2)19(14(3)8-12)25-20(26)16(11-24)9-15-5-6-17(28-21(22)23)18(10-15)27-4/h5-10,21H,1-4H3,(H,25,26)/b16-9+. The van der Waals surface area contributed by atoms with Crippen molar-refractivity contribution in [2.45, 2.75) is 27.4 Å². The van der Waals surface area contributed by atoms with Crippen LogP contribution in [-0.4, -0.2) is 19.6 Å². The highest BCUT2D eigenvalue weighted by Gasteiger charge is 2.15. The fraction of sp³-hybridized carbons (Fsp3) is 0.238. The number of amides is 1. The van der Waals surface area contributed by atoms with Crippen molar-refractivity contribution in [3.05, 3.63) is 58.2 Å². The fourth-order valence-electron chi connectivity index (χ4n) is 2.84. The molecule has 0 radical (unpaired) electrons.